The maximum atomic E-state index is 12.3. The molecule has 6 heteroatoms. The third-order valence-electron chi connectivity index (χ3n) is 4.02. The molecule has 1 aromatic heterocycles. The van der Waals surface area contributed by atoms with E-state index in [2.05, 4.69) is 15.5 Å². The summed E-state index contributed by atoms with van der Waals surface area (Å²) in [5.41, 5.74) is 2.24. The van der Waals surface area contributed by atoms with Gasteiger partial charge in [0.1, 0.15) is 5.75 Å². The van der Waals surface area contributed by atoms with Crippen LogP contribution in [-0.4, -0.2) is 34.1 Å². The van der Waals surface area contributed by atoms with E-state index >= 15 is 0 Å². The monoisotopic (exact) mass is 320 g/mol. The largest absolute Gasteiger partial charge is 0.493 e. The number of aromatic nitrogens is 3. The highest BCUT2D eigenvalue weighted by Crippen LogP contribution is 2.32. The van der Waals surface area contributed by atoms with E-state index in [4.69, 9.17) is 4.74 Å². The van der Waals surface area contributed by atoms with Gasteiger partial charge in [0.2, 0.25) is 0 Å². The van der Waals surface area contributed by atoms with Crippen LogP contribution in [0.15, 0.2) is 60.8 Å². The quantitative estimate of drug-likeness (QED) is 0.800. The maximum Gasteiger partial charge on any atom is 0.273 e. The Balaban J connectivity index is 1.42. The summed E-state index contributed by atoms with van der Waals surface area (Å²) in [6, 6.07) is 17.4. The molecule has 0 fully saturated rings. The molecule has 0 aliphatic carbocycles. The third-order valence-corrected chi connectivity index (χ3v) is 4.02. The highest BCUT2D eigenvalue weighted by molar-refractivity contribution is 5.91. The predicted molar refractivity (Wildman–Crippen MR) is 88.4 cm³/mol. The van der Waals surface area contributed by atoms with Gasteiger partial charge in [-0.15, -0.1) is 5.10 Å². The van der Waals surface area contributed by atoms with Gasteiger partial charge in [-0.3, -0.25) is 4.79 Å². The summed E-state index contributed by atoms with van der Waals surface area (Å²) >= 11 is 0. The molecule has 0 saturated carbocycles. The number of rotatable bonds is 4. The number of nitrogens with zero attached hydrogens (tertiary/aromatic N) is 3. The molecule has 4 rings (SSSR count). The summed E-state index contributed by atoms with van der Waals surface area (Å²) in [6.07, 6.45) is 1.47. The van der Waals surface area contributed by atoms with Gasteiger partial charge < -0.3 is 10.1 Å². The second-order valence-electron chi connectivity index (χ2n) is 5.61. The topological polar surface area (TPSA) is 69.0 Å². The average Bonchev–Trinajstić information content (AvgIpc) is 3.28. The molecule has 1 aliphatic heterocycles. The van der Waals surface area contributed by atoms with Crippen molar-refractivity contribution in [1.82, 2.24) is 20.3 Å². The summed E-state index contributed by atoms with van der Waals surface area (Å²) in [7, 11) is 0. The lowest BCUT2D eigenvalue weighted by molar-refractivity contribution is 0.0944. The second kappa shape index (κ2) is 6.16. The lowest BCUT2D eigenvalue weighted by Gasteiger charge is -2.09. The number of nitrogens with one attached hydrogen (secondary N) is 1. The van der Waals surface area contributed by atoms with Gasteiger partial charge in [-0.1, -0.05) is 36.4 Å². The number of ether oxygens (including phenoxy) is 1. The maximum absolute atomic E-state index is 12.3. The number of carbonyl (C=O) groups excluding carboxylic acids is 1. The molecule has 120 valence electrons. The van der Waals surface area contributed by atoms with Gasteiger partial charge >= 0.3 is 0 Å². The van der Waals surface area contributed by atoms with Gasteiger partial charge in [0.15, 0.2) is 5.69 Å². The van der Waals surface area contributed by atoms with E-state index in [0.717, 1.165) is 17.0 Å². The smallest absolute Gasteiger partial charge is 0.273 e. The fourth-order valence-electron chi connectivity index (χ4n) is 2.76. The van der Waals surface area contributed by atoms with Gasteiger partial charge in [0.25, 0.3) is 5.91 Å². The summed E-state index contributed by atoms with van der Waals surface area (Å²) < 4.78 is 5.63. The van der Waals surface area contributed by atoms with Crippen molar-refractivity contribution in [2.75, 3.05) is 13.2 Å². The fourth-order valence-corrected chi connectivity index (χ4v) is 2.76. The van der Waals surface area contributed by atoms with Crippen LogP contribution in [0.4, 0.5) is 0 Å². The molecule has 0 bridgehead atoms. The van der Waals surface area contributed by atoms with E-state index in [0.29, 0.717) is 18.8 Å². The number of amides is 1. The summed E-state index contributed by atoms with van der Waals surface area (Å²) in [5, 5.41) is 11.3. The highest BCUT2D eigenvalue weighted by atomic mass is 16.5. The van der Waals surface area contributed by atoms with E-state index in [1.807, 2.05) is 54.6 Å². The van der Waals surface area contributed by atoms with Crippen molar-refractivity contribution in [1.29, 1.82) is 0 Å². The molecule has 1 amide bonds. The van der Waals surface area contributed by atoms with Crippen LogP contribution in [0.1, 0.15) is 22.0 Å². The zero-order valence-corrected chi connectivity index (χ0v) is 12.9. The number of para-hydroxylation sites is 2. The molecule has 2 aromatic carbocycles. The van der Waals surface area contributed by atoms with E-state index in [-0.39, 0.29) is 11.8 Å². The number of hydrogen-bond donors (Lipinski definition) is 1. The number of carbonyl (C=O) groups is 1. The standard InChI is InChI=1S/C18H16N4O2/c23-18(16-11-20-22(21-16)14-6-2-1-3-7-14)19-10-13-12-24-17-9-5-4-8-15(13)17/h1-9,11,13H,10,12H2,(H,19,23)/t13-/m0/s1. The van der Waals surface area contributed by atoms with Crippen LogP contribution in [0.3, 0.4) is 0 Å². The molecule has 3 aromatic rings. The van der Waals surface area contributed by atoms with E-state index in [9.17, 15) is 4.79 Å². The molecule has 0 unspecified atom stereocenters. The molecule has 1 N–H and O–H groups in total. The lowest BCUT2D eigenvalue weighted by atomic mass is 10.0. The normalized spacial score (nSPS) is 15.6. The Hall–Kier alpha value is -3.15. The Morgan fingerprint density at radius 1 is 1.17 bits per heavy atom. The molecular formula is C18H16N4O2. The van der Waals surface area contributed by atoms with Crippen LogP contribution in [0.5, 0.6) is 5.75 Å². The van der Waals surface area contributed by atoms with Gasteiger partial charge in [-0.05, 0) is 18.2 Å². The van der Waals surface area contributed by atoms with Crippen molar-refractivity contribution in [2.45, 2.75) is 5.92 Å². The SMILES string of the molecule is O=C(NC[C@H]1COc2ccccc21)c1cnn(-c2ccccc2)n1. The zero-order valence-electron chi connectivity index (χ0n) is 12.9. The van der Waals surface area contributed by atoms with Crippen LogP contribution in [0, 0.1) is 0 Å². The summed E-state index contributed by atoms with van der Waals surface area (Å²) in [6.45, 7) is 1.09. The van der Waals surface area contributed by atoms with E-state index in [1.54, 1.807) is 0 Å². The second-order valence-corrected chi connectivity index (χ2v) is 5.61. The number of benzene rings is 2. The lowest BCUT2D eigenvalue weighted by Crippen LogP contribution is -2.29. The Labute approximate surface area is 139 Å². The van der Waals surface area contributed by atoms with Crippen molar-refractivity contribution in [3.63, 3.8) is 0 Å². The first-order valence-electron chi connectivity index (χ1n) is 7.79. The van der Waals surface area contributed by atoms with Crippen LogP contribution in [0.25, 0.3) is 5.69 Å². The van der Waals surface area contributed by atoms with Crippen LogP contribution in [-0.2, 0) is 0 Å². The van der Waals surface area contributed by atoms with Gasteiger partial charge in [-0.2, -0.15) is 9.90 Å². The van der Waals surface area contributed by atoms with Crippen molar-refractivity contribution in [3.8, 4) is 11.4 Å². The Bertz CT molecular complexity index is 860. The third kappa shape index (κ3) is 2.74. The van der Waals surface area contributed by atoms with E-state index in [1.165, 1.54) is 11.0 Å². The molecule has 2 heterocycles. The molecule has 6 nitrogen and oxygen atoms in total. The zero-order chi connectivity index (χ0) is 16.4. The Morgan fingerprint density at radius 3 is 2.83 bits per heavy atom. The number of fused-ring (bicyclic) bond motifs is 1. The molecular weight excluding hydrogens is 304 g/mol. The number of hydrogen-bond acceptors (Lipinski definition) is 4. The molecule has 0 saturated heterocycles. The molecule has 1 aliphatic rings. The fraction of sp³-hybridized carbons (Fsp3) is 0.167. The molecule has 0 radical (unpaired) electrons. The van der Waals surface area contributed by atoms with Crippen LogP contribution >= 0.6 is 0 Å². The first kappa shape index (κ1) is 14.4. The summed E-state index contributed by atoms with van der Waals surface area (Å²) in [5.74, 6) is 0.822. The Kier molecular flexibility index (Phi) is 3.70. The summed E-state index contributed by atoms with van der Waals surface area (Å²) in [4.78, 5) is 13.7. The van der Waals surface area contributed by atoms with Crippen LogP contribution < -0.4 is 10.1 Å². The van der Waals surface area contributed by atoms with Crippen molar-refractivity contribution < 1.29 is 9.53 Å². The first-order chi connectivity index (χ1) is 11.8. The molecule has 1 atom stereocenters. The molecule has 0 spiro atoms. The predicted octanol–water partition coefficient (Wildman–Crippen LogP) is 2.17. The minimum absolute atomic E-state index is 0.161. The van der Waals surface area contributed by atoms with E-state index < -0.39 is 0 Å². The van der Waals surface area contributed by atoms with Crippen molar-refractivity contribution in [2.24, 2.45) is 0 Å². The minimum Gasteiger partial charge on any atom is -0.493 e. The van der Waals surface area contributed by atoms with Crippen LogP contribution in [0.2, 0.25) is 0 Å². The van der Waals surface area contributed by atoms with Crippen molar-refractivity contribution >= 4 is 5.91 Å². The Morgan fingerprint density at radius 2 is 1.96 bits per heavy atom. The van der Waals surface area contributed by atoms with Gasteiger partial charge in [0.05, 0.1) is 18.5 Å². The van der Waals surface area contributed by atoms with Gasteiger partial charge in [-0.25, -0.2) is 0 Å². The molecule has 24 heavy (non-hydrogen) atoms. The minimum atomic E-state index is -0.235. The highest BCUT2D eigenvalue weighted by Gasteiger charge is 2.24. The van der Waals surface area contributed by atoms with Gasteiger partial charge in [0, 0.05) is 18.0 Å². The first-order valence-corrected chi connectivity index (χ1v) is 7.79. The average molecular weight is 320 g/mol. The van der Waals surface area contributed by atoms with Crippen molar-refractivity contribution in [3.05, 3.63) is 72.1 Å².